The number of alkyl halides is 3. The van der Waals surface area contributed by atoms with E-state index < -0.39 is 50.2 Å². The SMILES string of the molecule is CNc1cc(N2C(=O)CC(C(F)(F)F)N(C)C2=O)c(F)cc1C#C[Si](C)(C)C. The zero-order chi connectivity index (χ0) is 21.4. The van der Waals surface area contributed by atoms with Crippen molar-refractivity contribution in [2.75, 3.05) is 24.3 Å². The second-order valence-electron chi connectivity index (χ2n) is 7.48. The highest BCUT2D eigenvalue weighted by atomic mass is 28.3. The minimum Gasteiger partial charge on any atom is -0.387 e. The first-order chi connectivity index (χ1) is 12.8. The summed E-state index contributed by atoms with van der Waals surface area (Å²) >= 11 is 0. The molecule has 1 fully saturated rings. The van der Waals surface area contributed by atoms with Crippen LogP contribution in [0, 0.1) is 17.3 Å². The maximum atomic E-state index is 14.7. The summed E-state index contributed by atoms with van der Waals surface area (Å²) in [6.07, 6.45) is -5.73. The lowest BCUT2D eigenvalue weighted by Crippen LogP contribution is -2.60. The Morgan fingerprint density at radius 1 is 1.21 bits per heavy atom. The van der Waals surface area contributed by atoms with Crippen LogP contribution in [-0.4, -0.2) is 51.2 Å². The van der Waals surface area contributed by atoms with Crippen LogP contribution in [0.15, 0.2) is 12.1 Å². The third-order valence-electron chi connectivity index (χ3n) is 4.13. The molecule has 2 rings (SSSR count). The summed E-state index contributed by atoms with van der Waals surface area (Å²) in [5.41, 5.74) is 3.38. The van der Waals surface area contributed by atoms with E-state index >= 15 is 0 Å². The van der Waals surface area contributed by atoms with Gasteiger partial charge in [-0.05, 0) is 12.1 Å². The summed E-state index contributed by atoms with van der Waals surface area (Å²) in [5, 5.41) is 2.82. The van der Waals surface area contributed by atoms with Crippen LogP contribution in [0.4, 0.5) is 33.7 Å². The summed E-state index contributed by atoms with van der Waals surface area (Å²) in [6.45, 7) is 6.05. The van der Waals surface area contributed by atoms with Gasteiger partial charge in [-0.1, -0.05) is 25.6 Å². The van der Waals surface area contributed by atoms with Gasteiger partial charge in [0, 0.05) is 14.1 Å². The summed E-state index contributed by atoms with van der Waals surface area (Å²) in [7, 11) is 0.754. The van der Waals surface area contributed by atoms with Crippen molar-refractivity contribution in [2.24, 2.45) is 0 Å². The Hall–Kier alpha value is -2.54. The van der Waals surface area contributed by atoms with Crippen molar-refractivity contribution in [3.8, 4) is 11.5 Å². The molecular weight excluding hydrogens is 394 g/mol. The van der Waals surface area contributed by atoms with Crippen LogP contribution in [0.1, 0.15) is 12.0 Å². The highest BCUT2D eigenvalue weighted by Gasteiger charge is 2.51. The monoisotopic (exact) mass is 415 g/mol. The van der Waals surface area contributed by atoms with Gasteiger partial charge in [0.1, 0.15) is 19.9 Å². The van der Waals surface area contributed by atoms with Crippen LogP contribution in [0.3, 0.4) is 0 Å². The molecule has 152 valence electrons. The summed E-state index contributed by atoms with van der Waals surface area (Å²) in [6, 6.07) is -1.19. The molecule has 1 saturated heterocycles. The predicted octanol–water partition coefficient (Wildman–Crippen LogP) is 3.82. The van der Waals surface area contributed by atoms with Gasteiger partial charge in [-0.15, -0.1) is 5.54 Å². The molecule has 1 heterocycles. The zero-order valence-corrected chi connectivity index (χ0v) is 17.2. The number of rotatable bonds is 2. The zero-order valence-electron chi connectivity index (χ0n) is 16.2. The standard InChI is InChI=1S/C18H21F4N3O2Si/c1-23-13-9-14(12(19)8-11(13)6-7-28(3,4)5)25-16(26)10-15(18(20,21)22)24(2)17(25)27/h8-9,15,23H,10H2,1-5H3. The molecule has 0 bridgehead atoms. The molecule has 1 atom stereocenters. The molecular formula is C18H21F4N3O2Si. The van der Waals surface area contributed by atoms with Gasteiger partial charge < -0.3 is 10.2 Å². The lowest BCUT2D eigenvalue weighted by molar-refractivity contribution is -0.179. The number of hydrogen-bond donors (Lipinski definition) is 1. The lowest BCUT2D eigenvalue weighted by atomic mass is 10.1. The number of nitrogens with zero attached hydrogens (tertiary/aromatic N) is 2. The van der Waals surface area contributed by atoms with Crippen molar-refractivity contribution >= 4 is 31.4 Å². The Morgan fingerprint density at radius 3 is 2.32 bits per heavy atom. The lowest BCUT2D eigenvalue weighted by Gasteiger charge is -2.38. The van der Waals surface area contributed by atoms with Crippen LogP contribution in [-0.2, 0) is 4.79 Å². The third-order valence-corrected chi connectivity index (χ3v) is 5.00. The number of carbonyl (C=O) groups is 2. The number of amides is 3. The van der Waals surface area contributed by atoms with E-state index in [9.17, 15) is 27.2 Å². The fraction of sp³-hybridized carbons (Fsp3) is 0.444. The Bertz CT molecular complexity index is 869. The second kappa shape index (κ2) is 7.47. The highest BCUT2D eigenvalue weighted by Crippen LogP contribution is 2.35. The number of hydrogen-bond acceptors (Lipinski definition) is 3. The molecule has 1 unspecified atom stereocenters. The van der Waals surface area contributed by atoms with Crippen LogP contribution >= 0.6 is 0 Å². The fourth-order valence-electron chi connectivity index (χ4n) is 2.66. The van der Waals surface area contributed by atoms with E-state index in [1.54, 1.807) is 7.05 Å². The molecule has 0 radical (unpaired) electrons. The van der Waals surface area contributed by atoms with Gasteiger partial charge in [0.15, 0.2) is 0 Å². The number of halogens is 4. The third kappa shape index (κ3) is 4.47. The van der Waals surface area contributed by atoms with Crippen molar-refractivity contribution < 1.29 is 27.2 Å². The van der Waals surface area contributed by atoms with E-state index in [-0.39, 0.29) is 0 Å². The van der Waals surface area contributed by atoms with Crippen molar-refractivity contribution in [1.29, 1.82) is 0 Å². The first kappa shape index (κ1) is 21.8. The molecule has 10 heteroatoms. The van der Waals surface area contributed by atoms with Crippen molar-refractivity contribution in [3.63, 3.8) is 0 Å². The number of nitrogens with one attached hydrogen (secondary N) is 1. The van der Waals surface area contributed by atoms with Crippen LogP contribution in [0.5, 0.6) is 0 Å². The molecule has 5 nitrogen and oxygen atoms in total. The maximum Gasteiger partial charge on any atom is 0.409 e. The van der Waals surface area contributed by atoms with Crippen molar-refractivity contribution in [2.45, 2.75) is 38.3 Å². The van der Waals surface area contributed by atoms with Crippen LogP contribution < -0.4 is 10.2 Å². The van der Waals surface area contributed by atoms with E-state index in [2.05, 4.69) is 16.8 Å². The average molecular weight is 415 g/mol. The van der Waals surface area contributed by atoms with Gasteiger partial charge in [-0.3, -0.25) is 4.79 Å². The number of anilines is 2. The normalized spacial score (nSPS) is 18.1. The first-order valence-electron chi connectivity index (χ1n) is 8.47. The van der Waals surface area contributed by atoms with E-state index in [1.807, 2.05) is 19.6 Å². The average Bonchev–Trinajstić information content (AvgIpc) is 2.56. The molecule has 3 amide bonds. The molecule has 28 heavy (non-hydrogen) atoms. The first-order valence-corrected chi connectivity index (χ1v) is 12.0. The Balaban J connectivity index is 2.49. The summed E-state index contributed by atoms with van der Waals surface area (Å²) < 4.78 is 53.8. The Kier molecular flexibility index (Phi) is 5.80. The molecule has 1 aromatic rings. The number of urea groups is 1. The Labute approximate surface area is 161 Å². The predicted molar refractivity (Wildman–Crippen MR) is 101 cm³/mol. The van der Waals surface area contributed by atoms with Gasteiger partial charge in [0.2, 0.25) is 5.91 Å². The number of benzene rings is 1. The van der Waals surface area contributed by atoms with Crippen molar-refractivity contribution in [3.05, 3.63) is 23.5 Å². The smallest absolute Gasteiger partial charge is 0.387 e. The van der Waals surface area contributed by atoms with E-state index in [1.165, 1.54) is 6.07 Å². The van der Waals surface area contributed by atoms with Gasteiger partial charge >= 0.3 is 12.2 Å². The minimum atomic E-state index is -4.75. The molecule has 0 aromatic heterocycles. The molecule has 1 N–H and O–H groups in total. The molecule has 0 saturated carbocycles. The maximum absolute atomic E-state index is 14.7. The highest BCUT2D eigenvalue weighted by molar-refractivity contribution is 6.83. The van der Waals surface area contributed by atoms with E-state index in [0.717, 1.165) is 13.1 Å². The number of carbonyl (C=O) groups excluding carboxylic acids is 2. The summed E-state index contributed by atoms with van der Waals surface area (Å²) in [5.74, 6) is 0.860. The largest absolute Gasteiger partial charge is 0.409 e. The van der Waals surface area contributed by atoms with E-state index in [0.29, 0.717) is 21.1 Å². The molecule has 0 spiro atoms. The molecule has 1 aromatic carbocycles. The quantitative estimate of drug-likeness (QED) is 0.454. The number of imide groups is 1. The van der Waals surface area contributed by atoms with Gasteiger partial charge in [-0.25, -0.2) is 14.1 Å². The van der Waals surface area contributed by atoms with Gasteiger partial charge in [-0.2, -0.15) is 13.2 Å². The topological polar surface area (TPSA) is 52.7 Å². The molecule has 0 aliphatic carbocycles. The summed E-state index contributed by atoms with van der Waals surface area (Å²) in [4.78, 5) is 25.5. The minimum absolute atomic E-state index is 0.338. The fourth-order valence-corrected chi connectivity index (χ4v) is 3.17. The Morgan fingerprint density at radius 2 is 1.82 bits per heavy atom. The van der Waals surface area contributed by atoms with Crippen LogP contribution in [0.25, 0.3) is 0 Å². The van der Waals surface area contributed by atoms with E-state index in [4.69, 9.17) is 0 Å². The molecule has 1 aliphatic rings. The van der Waals surface area contributed by atoms with Gasteiger partial charge in [0.05, 0.1) is 23.4 Å². The second-order valence-corrected chi connectivity index (χ2v) is 12.2. The molecule has 1 aliphatic heterocycles. The van der Waals surface area contributed by atoms with Crippen LogP contribution in [0.2, 0.25) is 19.6 Å². The van der Waals surface area contributed by atoms with Gasteiger partial charge in [0.25, 0.3) is 0 Å². The van der Waals surface area contributed by atoms with Crippen molar-refractivity contribution in [1.82, 2.24) is 4.90 Å².